The molecule has 1 aromatic carbocycles. The molecule has 0 saturated heterocycles. The molecule has 1 rings (SSSR count). The first-order chi connectivity index (χ1) is 8.02. The molecule has 0 radical (unpaired) electrons. The minimum Gasteiger partial charge on any atom is -0.490 e. The Morgan fingerprint density at radius 2 is 2.00 bits per heavy atom. The van der Waals surface area contributed by atoms with Gasteiger partial charge < -0.3 is 10.5 Å². The Labute approximate surface area is 105 Å². The summed E-state index contributed by atoms with van der Waals surface area (Å²) < 4.78 is 5.99. The van der Waals surface area contributed by atoms with Crippen molar-refractivity contribution < 1.29 is 4.74 Å². The van der Waals surface area contributed by atoms with E-state index in [0.29, 0.717) is 0 Å². The van der Waals surface area contributed by atoms with Gasteiger partial charge in [-0.1, -0.05) is 31.0 Å². The molecule has 2 atom stereocenters. The van der Waals surface area contributed by atoms with Gasteiger partial charge in [0, 0.05) is 6.04 Å². The first kappa shape index (κ1) is 14.0. The van der Waals surface area contributed by atoms with Crippen molar-refractivity contribution in [1.29, 1.82) is 0 Å². The minimum absolute atomic E-state index is 0.167. The van der Waals surface area contributed by atoms with Gasteiger partial charge in [0.2, 0.25) is 0 Å². The minimum atomic E-state index is 0.167. The Kier molecular flexibility index (Phi) is 5.49. The van der Waals surface area contributed by atoms with E-state index in [1.54, 1.807) is 0 Å². The fraction of sp³-hybridized carbons (Fsp3) is 0.600. The van der Waals surface area contributed by atoms with Gasteiger partial charge in [0.15, 0.2) is 0 Å². The van der Waals surface area contributed by atoms with E-state index in [1.807, 2.05) is 6.92 Å². The van der Waals surface area contributed by atoms with Crippen molar-refractivity contribution in [2.24, 2.45) is 5.73 Å². The normalized spacial score (nSPS) is 14.4. The molecule has 0 spiro atoms. The SMILES string of the molecule is CCCC(C)Oc1ccc(C)cc1CC(C)N. The van der Waals surface area contributed by atoms with Crippen LogP contribution in [0.4, 0.5) is 0 Å². The second-order valence-corrected chi connectivity index (χ2v) is 5.01. The highest BCUT2D eigenvalue weighted by molar-refractivity contribution is 5.37. The number of aryl methyl sites for hydroxylation is 1. The smallest absolute Gasteiger partial charge is 0.122 e. The van der Waals surface area contributed by atoms with Crippen LogP contribution < -0.4 is 10.5 Å². The maximum Gasteiger partial charge on any atom is 0.122 e. The molecule has 1 aromatic rings. The summed E-state index contributed by atoms with van der Waals surface area (Å²) >= 11 is 0. The Morgan fingerprint density at radius 1 is 1.29 bits per heavy atom. The van der Waals surface area contributed by atoms with E-state index < -0.39 is 0 Å². The van der Waals surface area contributed by atoms with Crippen molar-refractivity contribution in [1.82, 2.24) is 0 Å². The third kappa shape index (κ3) is 4.78. The fourth-order valence-corrected chi connectivity index (χ4v) is 2.01. The lowest BCUT2D eigenvalue weighted by molar-refractivity contribution is 0.207. The number of rotatable bonds is 6. The van der Waals surface area contributed by atoms with E-state index in [1.165, 1.54) is 11.1 Å². The first-order valence-corrected chi connectivity index (χ1v) is 6.54. The van der Waals surface area contributed by atoms with Gasteiger partial charge in [-0.3, -0.25) is 0 Å². The van der Waals surface area contributed by atoms with Crippen molar-refractivity contribution in [2.75, 3.05) is 0 Å². The van der Waals surface area contributed by atoms with E-state index in [9.17, 15) is 0 Å². The molecule has 17 heavy (non-hydrogen) atoms. The predicted octanol–water partition coefficient (Wildman–Crippen LogP) is 3.45. The maximum atomic E-state index is 5.99. The summed E-state index contributed by atoms with van der Waals surface area (Å²) in [6, 6.07) is 6.51. The Bertz CT molecular complexity index is 347. The maximum absolute atomic E-state index is 5.99. The van der Waals surface area contributed by atoms with Crippen LogP contribution in [0.2, 0.25) is 0 Å². The van der Waals surface area contributed by atoms with Crippen molar-refractivity contribution >= 4 is 0 Å². The second kappa shape index (κ2) is 6.65. The van der Waals surface area contributed by atoms with Crippen molar-refractivity contribution in [3.05, 3.63) is 29.3 Å². The molecular weight excluding hydrogens is 210 g/mol. The third-order valence-corrected chi connectivity index (χ3v) is 2.78. The van der Waals surface area contributed by atoms with E-state index in [2.05, 4.69) is 39.0 Å². The molecule has 96 valence electrons. The molecule has 0 aliphatic carbocycles. The number of nitrogens with two attached hydrogens (primary N) is 1. The summed E-state index contributed by atoms with van der Waals surface area (Å²) in [5.41, 5.74) is 8.36. The molecule has 0 fully saturated rings. The van der Waals surface area contributed by atoms with Crippen LogP contribution in [0.25, 0.3) is 0 Å². The topological polar surface area (TPSA) is 35.2 Å². The summed E-state index contributed by atoms with van der Waals surface area (Å²) in [4.78, 5) is 0. The summed E-state index contributed by atoms with van der Waals surface area (Å²) in [5, 5.41) is 0. The van der Waals surface area contributed by atoms with Gasteiger partial charge in [0.1, 0.15) is 5.75 Å². The molecule has 2 unspecified atom stereocenters. The number of hydrogen-bond donors (Lipinski definition) is 1. The quantitative estimate of drug-likeness (QED) is 0.819. The zero-order valence-electron chi connectivity index (χ0n) is 11.5. The molecule has 0 aromatic heterocycles. The number of hydrogen-bond acceptors (Lipinski definition) is 2. The number of ether oxygens (including phenoxy) is 1. The van der Waals surface area contributed by atoms with E-state index >= 15 is 0 Å². The van der Waals surface area contributed by atoms with Gasteiger partial charge in [0.05, 0.1) is 6.10 Å². The van der Waals surface area contributed by atoms with Crippen LogP contribution >= 0.6 is 0 Å². The molecule has 2 heteroatoms. The average molecular weight is 235 g/mol. The van der Waals surface area contributed by atoms with Gasteiger partial charge in [-0.2, -0.15) is 0 Å². The van der Waals surface area contributed by atoms with Crippen LogP contribution in [-0.4, -0.2) is 12.1 Å². The Balaban J connectivity index is 2.82. The second-order valence-electron chi connectivity index (χ2n) is 5.01. The Hall–Kier alpha value is -1.02. The summed E-state index contributed by atoms with van der Waals surface area (Å²) in [6.07, 6.45) is 3.38. The highest BCUT2D eigenvalue weighted by atomic mass is 16.5. The Morgan fingerprint density at radius 3 is 2.59 bits per heavy atom. The van der Waals surface area contributed by atoms with Crippen LogP contribution in [0.1, 0.15) is 44.7 Å². The van der Waals surface area contributed by atoms with Crippen LogP contribution in [0.3, 0.4) is 0 Å². The molecule has 2 N–H and O–H groups in total. The van der Waals surface area contributed by atoms with Gasteiger partial charge >= 0.3 is 0 Å². The lowest BCUT2D eigenvalue weighted by Gasteiger charge is -2.18. The highest BCUT2D eigenvalue weighted by Gasteiger charge is 2.09. The summed E-state index contributed by atoms with van der Waals surface area (Å²) in [7, 11) is 0. The van der Waals surface area contributed by atoms with Crippen molar-refractivity contribution in [3.8, 4) is 5.75 Å². The van der Waals surface area contributed by atoms with Crippen LogP contribution in [-0.2, 0) is 6.42 Å². The molecule has 0 amide bonds. The van der Waals surface area contributed by atoms with Crippen molar-refractivity contribution in [3.63, 3.8) is 0 Å². The first-order valence-electron chi connectivity index (χ1n) is 6.54. The summed E-state index contributed by atoms with van der Waals surface area (Å²) in [6.45, 7) is 8.43. The van der Waals surface area contributed by atoms with Crippen LogP contribution in [0.5, 0.6) is 5.75 Å². The van der Waals surface area contributed by atoms with Gasteiger partial charge in [-0.05, 0) is 45.2 Å². The van der Waals surface area contributed by atoms with E-state index in [0.717, 1.165) is 25.0 Å². The predicted molar refractivity (Wildman–Crippen MR) is 73.5 cm³/mol. The molecule has 0 aliphatic heterocycles. The van der Waals surface area contributed by atoms with Crippen LogP contribution in [0, 0.1) is 6.92 Å². The molecule has 0 heterocycles. The zero-order chi connectivity index (χ0) is 12.8. The molecule has 0 aliphatic rings. The van der Waals surface area contributed by atoms with Gasteiger partial charge in [-0.25, -0.2) is 0 Å². The lowest BCUT2D eigenvalue weighted by atomic mass is 10.0. The average Bonchev–Trinajstić information content (AvgIpc) is 2.21. The standard InChI is InChI=1S/C15H25NO/c1-5-6-13(4)17-15-8-7-11(2)9-14(15)10-12(3)16/h7-9,12-13H,5-6,10,16H2,1-4H3. The largest absolute Gasteiger partial charge is 0.490 e. The fourth-order valence-electron chi connectivity index (χ4n) is 2.01. The molecule has 0 saturated carbocycles. The lowest BCUT2D eigenvalue weighted by Crippen LogP contribution is -2.19. The van der Waals surface area contributed by atoms with Crippen molar-refractivity contribution in [2.45, 2.75) is 59.1 Å². The molecule has 2 nitrogen and oxygen atoms in total. The zero-order valence-corrected chi connectivity index (χ0v) is 11.5. The van der Waals surface area contributed by atoms with Gasteiger partial charge in [0.25, 0.3) is 0 Å². The highest BCUT2D eigenvalue weighted by Crippen LogP contribution is 2.23. The molecule has 0 bridgehead atoms. The van der Waals surface area contributed by atoms with Crippen LogP contribution in [0.15, 0.2) is 18.2 Å². The third-order valence-electron chi connectivity index (χ3n) is 2.78. The van der Waals surface area contributed by atoms with Gasteiger partial charge in [-0.15, -0.1) is 0 Å². The summed E-state index contributed by atoms with van der Waals surface area (Å²) in [5.74, 6) is 0.994. The number of benzene rings is 1. The van der Waals surface area contributed by atoms with E-state index in [4.69, 9.17) is 10.5 Å². The van der Waals surface area contributed by atoms with E-state index in [-0.39, 0.29) is 12.1 Å². The monoisotopic (exact) mass is 235 g/mol. The molecular formula is C15H25NO.